The van der Waals surface area contributed by atoms with Crippen LogP contribution in [0.25, 0.3) is 6.08 Å². The van der Waals surface area contributed by atoms with Crippen molar-refractivity contribution in [1.29, 1.82) is 0 Å². The van der Waals surface area contributed by atoms with E-state index in [1.807, 2.05) is 0 Å². The van der Waals surface area contributed by atoms with Crippen molar-refractivity contribution >= 4 is 17.8 Å². The molecule has 0 atom stereocenters. The molecule has 0 unspecified atom stereocenters. The van der Waals surface area contributed by atoms with Gasteiger partial charge in [-0.25, -0.2) is 4.79 Å². The summed E-state index contributed by atoms with van der Waals surface area (Å²) in [5.41, 5.74) is 1.20. The number of ether oxygens (including phenoxy) is 2. The standard InChI is InChI=1S/C14H16O4/c1-3-18-14(16)9-8-11-6-4-5-7-12(11)13(15)10-17-2/h4-9H,3,10H2,1-2H3/b9-8+. The Labute approximate surface area is 106 Å². The topological polar surface area (TPSA) is 52.6 Å². The van der Waals surface area contributed by atoms with E-state index in [0.29, 0.717) is 17.7 Å². The van der Waals surface area contributed by atoms with Crippen molar-refractivity contribution < 1.29 is 19.1 Å². The van der Waals surface area contributed by atoms with Crippen LogP contribution in [0.4, 0.5) is 0 Å². The molecule has 0 heterocycles. The van der Waals surface area contributed by atoms with Crippen LogP contribution in [0.15, 0.2) is 30.3 Å². The first-order valence-corrected chi connectivity index (χ1v) is 5.65. The van der Waals surface area contributed by atoms with Crippen molar-refractivity contribution in [2.75, 3.05) is 20.3 Å². The maximum atomic E-state index is 11.8. The van der Waals surface area contributed by atoms with Crippen molar-refractivity contribution in [3.05, 3.63) is 41.5 Å². The number of hydrogen-bond donors (Lipinski definition) is 0. The Kier molecular flexibility index (Phi) is 5.80. The largest absolute Gasteiger partial charge is 0.463 e. The Hall–Kier alpha value is -1.94. The van der Waals surface area contributed by atoms with Crippen LogP contribution in [0, 0.1) is 0 Å². The van der Waals surface area contributed by atoms with Crippen molar-refractivity contribution in [2.24, 2.45) is 0 Å². The van der Waals surface area contributed by atoms with Gasteiger partial charge in [0.15, 0.2) is 5.78 Å². The SMILES string of the molecule is CCOC(=O)/C=C/c1ccccc1C(=O)COC. The van der Waals surface area contributed by atoms with Gasteiger partial charge in [-0.2, -0.15) is 0 Å². The molecule has 4 heteroatoms. The monoisotopic (exact) mass is 248 g/mol. The quantitative estimate of drug-likeness (QED) is 0.439. The van der Waals surface area contributed by atoms with Gasteiger partial charge in [0.25, 0.3) is 0 Å². The lowest BCUT2D eigenvalue weighted by Gasteiger charge is -2.04. The highest BCUT2D eigenvalue weighted by Crippen LogP contribution is 2.12. The summed E-state index contributed by atoms with van der Waals surface area (Å²) in [6.07, 6.45) is 2.88. The van der Waals surface area contributed by atoms with Gasteiger partial charge in [0.2, 0.25) is 0 Å². The highest BCUT2D eigenvalue weighted by Gasteiger charge is 2.08. The molecule has 18 heavy (non-hydrogen) atoms. The Balaban J connectivity index is 2.88. The number of esters is 1. The fraction of sp³-hybridized carbons (Fsp3) is 0.286. The van der Waals surface area contributed by atoms with E-state index in [1.54, 1.807) is 37.3 Å². The van der Waals surface area contributed by atoms with E-state index in [1.165, 1.54) is 13.2 Å². The number of carbonyl (C=O) groups is 2. The van der Waals surface area contributed by atoms with E-state index in [2.05, 4.69) is 0 Å². The molecule has 0 aliphatic heterocycles. The molecule has 0 aliphatic carbocycles. The van der Waals surface area contributed by atoms with Crippen molar-refractivity contribution in [3.63, 3.8) is 0 Å². The minimum Gasteiger partial charge on any atom is -0.463 e. The Morgan fingerprint density at radius 2 is 2.00 bits per heavy atom. The van der Waals surface area contributed by atoms with Gasteiger partial charge in [-0.3, -0.25) is 4.79 Å². The maximum absolute atomic E-state index is 11.8. The minimum absolute atomic E-state index is 0.0181. The van der Waals surface area contributed by atoms with Crippen LogP contribution in [0.2, 0.25) is 0 Å². The number of Topliss-reactive ketones (excluding diaryl/α,β-unsaturated/α-hetero) is 1. The second-order valence-corrected chi connectivity index (χ2v) is 3.53. The Morgan fingerprint density at radius 3 is 2.67 bits per heavy atom. The molecule has 0 N–H and O–H groups in total. The number of ketones is 1. The first kappa shape index (κ1) is 14.1. The predicted octanol–water partition coefficient (Wildman–Crippen LogP) is 2.09. The number of rotatable bonds is 6. The molecule has 0 bridgehead atoms. The Morgan fingerprint density at radius 1 is 1.28 bits per heavy atom. The number of benzene rings is 1. The average Bonchev–Trinajstić information content (AvgIpc) is 2.37. The lowest BCUT2D eigenvalue weighted by atomic mass is 10.0. The molecule has 0 saturated carbocycles. The van der Waals surface area contributed by atoms with Crippen LogP contribution in [-0.2, 0) is 14.3 Å². The van der Waals surface area contributed by atoms with E-state index in [0.717, 1.165) is 0 Å². The molecule has 0 radical (unpaired) electrons. The summed E-state index contributed by atoms with van der Waals surface area (Å²) in [4.78, 5) is 23.0. The van der Waals surface area contributed by atoms with Gasteiger partial charge in [-0.1, -0.05) is 24.3 Å². The zero-order chi connectivity index (χ0) is 13.4. The average molecular weight is 248 g/mol. The van der Waals surface area contributed by atoms with Gasteiger partial charge < -0.3 is 9.47 Å². The van der Waals surface area contributed by atoms with Crippen LogP contribution < -0.4 is 0 Å². The summed E-state index contributed by atoms with van der Waals surface area (Å²) in [5, 5.41) is 0. The van der Waals surface area contributed by atoms with Gasteiger partial charge in [0.05, 0.1) is 6.61 Å². The smallest absolute Gasteiger partial charge is 0.330 e. The molecule has 96 valence electrons. The lowest BCUT2D eigenvalue weighted by Crippen LogP contribution is -2.08. The van der Waals surface area contributed by atoms with E-state index in [-0.39, 0.29) is 12.4 Å². The van der Waals surface area contributed by atoms with Crippen molar-refractivity contribution in [1.82, 2.24) is 0 Å². The molecule has 0 aliphatic rings. The molecule has 0 aromatic heterocycles. The first-order chi connectivity index (χ1) is 8.69. The predicted molar refractivity (Wildman–Crippen MR) is 68.3 cm³/mol. The fourth-order valence-electron chi connectivity index (χ4n) is 1.45. The molecule has 1 aromatic rings. The summed E-state index contributed by atoms with van der Waals surface area (Å²) in [5.74, 6) is -0.548. The molecule has 0 amide bonds. The van der Waals surface area contributed by atoms with Gasteiger partial charge in [-0.05, 0) is 18.6 Å². The second-order valence-electron chi connectivity index (χ2n) is 3.53. The van der Waals surface area contributed by atoms with Crippen molar-refractivity contribution in [2.45, 2.75) is 6.92 Å². The highest BCUT2D eigenvalue weighted by molar-refractivity contribution is 6.01. The zero-order valence-corrected chi connectivity index (χ0v) is 10.5. The molecule has 0 spiro atoms. The van der Waals surface area contributed by atoms with Crippen LogP contribution in [0.1, 0.15) is 22.8 Å². The minimum atomic E-state index is -0.425. The van der Waals surface area contributed by atoms with E-state index in [9.17, 15) is 9.59 Å². The summed E-state index contributed by atoms with van der Waals surface area (Å²) >= 11 is 0. The molecule has 4 nitrogen and oxygen atoms in total. The second kappa shape index (κ2) is 7.40. The zero-order valence-electron chi connectivity index (χ0n) is 10.5. The fourth-order valence-corrected chi connectivity index (χ4v) is 1.45. The molecule has 0 fully saturated rings. The summed E-state index contributed by atoms with van der Waals surface area (Å²) < 4.78 is 9.59. The van der Waals surface area contributed by atoms with Gasteiger partial charge in [0, 0.05) is 18.7 Å². The van der Waals surface area contributed by atoms with E-state index < -0.39 is 5.97 Å². The lowest BCUT2D eigenvalue weighted by molar-refractivity contribution is -0.137. The number of carbonyl (C=O) groups excluding carboxylic acids is 2. The van der Waals surface area contributed by atoms with Crippen LogP contribution in [0.3, 0.4) is 0 Å². The van der Waals surface area contributed by atoms with Gasteiger partial charge in [0.1, 0.15) is 6.61 Å². The first-order valence-electron chi connectivity index (χ1n) is 5.65. The molecule has 1 rings (SSSR count). The van der Waals surface area contributed by atoms with Gasteiger partial charge >= 0.3 is 5.97 Å². The molecule has 1 aromatic carbocycles. The molecular weight excluding hydrogens is 232 g/mol. The van der Waals surface area contributed by atoms with E-state index in [4.69, 9.17) is 9.47 Å². The van der Waals surface area contributed by atoms with Crippen LogP contribution >= 0.6 is 0 Å². The summed E-state index contributed by atoms with van der Waals surface area (Å²) in [7, 11) is 1.47. The third-order valence-corrected chi connectivity index (χ3v) is 2.22. The van der Waals surface area contributed by atoms with Crippen molar-refractivity contribution in [3.8, 4) is 0 Å². The molecule has 0 saturated heterocycles. The normalized spacial score (nSPS) is 10.6. The number of methoxy groups -OCH3 is 1. The third kappa shape index (κ3) is 4.14. The van der Waals surface area contributed by atoms with Crippen LogP contribution in [0.5, 0.6) is 0 Å². The van der Waals surface area contributed by atoms with Gasteiger partial charge in [-0.15, -0.1) is 0 Å². The third-order valence-electron chi connectivity index (χ3n) is 2.22. The summed E-state index contributed by atoms with van der Waals surface area (Å²) in [6, 6.07) is 7.03. The van der Waals surface area contributed by atoms with Crippen LogP contribution in [-0.4, -0.2) is 32.1 Å². The maximum Gasteiger partial charge on any atom is 0.330 e. The Bertz CT molecular complexity index is 449. The molecular formula is C14H16O4. The van der Waals surface area contributed by atoms with E-state index >= 15 is 0 Å². The number of hydrogen-bond acceptors (Lipinski definition) is 4. The summed E-state index contributed by atoms with van der Waals surface area (Å²) in [6.45, 7) is 2.08. The highest BCUT2D eigenvalue weighted by atomic mass is 16.5.